The van der Waals surface area contributed by atoms with Gasteiger partial charge in [0.25, 0.3) is 5.91 Å². The molecular formula is C18H22N4O. The number of benzene rings is 1. The minimum Gasteiger partial charge on any atom is -0.366 e. The molecule has 1 amide bonds. The van der Waals surface area contributed by atoms with Gasteiger partial charge in [0, 0.05) is 30.4 Å². The lowest BCUT2D eigenvalue weighted by molar-refractivity contribution is 0.0963. The highest BCUT2D eigenvalue weighted by molar-refractivity contribution is 5.94. The van der Waals surface area contributed by atoms with Crippen LogP contribution in [-0.4, -0.2) is 22.9 Å². The quantitative estimate of drug-likeness (QED) is 0.852. The lowest BCUT2D eigenvalue weighted by atomic mass is 10.1. The van der Waals surface area contributed by atoms with E-state index in [4.69, 9.17) is 0 Å². The molecule has 120 valence electrons. The van der Waals surface area contributed by atoms with Crippen molar-refractivity contribution in [2.24, 2.45) is 0 Å². The first-order valence-corrected chi connectivity index (χ1v) is 8.15. The Morgan fingerprint density at radius 2 is 2.04 bits per heavy atom. The first kappa shape index (κ1) is 15.5. The van der Waals surface area contributed by atoms with Crippen molar-refractivity contribution < 1.29 is 4.79 Å². The highest BCUT2D eigenvalue weighted by Gasteiger charge is 2.14. The van der Waals surface area contributed by atoms with E-state index in [9.17, 15) is 4.79 Å². The summed E-state index contributed by atoms with van der Waals surface area (Å²) in [4.78, 5) is 20.6. The predicted octanol–water partition coefficient (Wildman–Crippen LogP) is 2.72. The molecule has 1 aromatic carbocycles. The van der Waals surface area contributed by atoms with Crippen LogP contribution in [0, 0.1) is 0 Å². The Morgan fingerprint density at radius 3 is 2.91 bits per heavy atom. The van der Waals surface area contributed by atoms with Crippen molar-refractivity contribution in [3.63, 3.8) is 0 Å². The first-order chi connectivity index (χ1) is 11.3. The van der Waals surface area contributed by atoms with E-state index in [0.29, 0.717) is 12.1 Å². The van der Waals surface area contributed by atoms with Crippen LogP contribution in [0.25, 0.3) is 0 Å². The summed E-state index contributed by atoms with van der Waals surface area (Å²) < 4.78 is 0. The summed E-state index contributed by atoms with van der Waals surface area (Å²) in [6.07, 6.45) is 7.38. The number of hydrogen-bond donors (Lipinski definition) is 2. The smallest absolute Gasteiger partial charge is 0.251 e. The molecule has 0 spiro atoms. The number of hydrogen-bond acceptors (Lipinski definition) is 4. The number of rotatable bonds is 4. The van der Waals surface area contributed by atoms with Crippen LogP contribution in [-0.2, 0) is 19.4 Å². The summed E-state index contributed by atoms with van der Waals surface area (Å²) in [5.74, 6) is 0.866. The molecule has 0 unspecified atom stereocenters. The number of anilines is 1. The van der Waals surface area contributed by atoms with E-state index in [0.717, 1.165) is 24.2 Å². The van der Waals surface area contributed by atoms with E-state index in [2.05, 4.69) is 20.6 Å². The van der Waals surface area contributed by atoms with E-state index < -0.39 is 0 Å². The Hall–Kier alpha value is -2.43. The predicted molar refractivity (Wildman–Crippen MR) is 90.4 cm³/mol. The zero-order valence-corrected chi connectivity index (χ0v) is 13.4. The van der Waals surface area contributed by atoms with Crippen molar-refractivity contribution in [3.8, 4) is 0 Å². The van der Waals surface area contributed by atoms with E-state index in [1.807, 2.05) is 24.3 Å². The molecule has 2 N–H and O–H groups in total. The highest BCUT2D eigenvalue weighted by Crippen LogP contribution is 2.24. The van der Waals surface area contributed by atoms with Gasteiger partial charge in [-0.1, -0.05) is 18.6 Å². The average Bonchev–Trinajstić information content (AvgIpc) is 2.85. The van der Waals surface area contributed by atoms with Gasteiger partial charge in [-0.3, -0.25) is 4.79 Å². The lowest BCUT2D eigenvalue weighted by Crippen LogP contribution is -2.18. The number of nitrogens with zero attached hydrogens (tertiary/aromatic N) is 2. The van der Waals surface area contributed by atoms with Crippen molar-refractivity contribution in [2.45, 2.75) is 38.6 Å². The van der Waals surface area contributed by atoms with Crippen LogP contribution in [0.4, 0.5) is 5.82 Å². The normalized spacial score (nSPS) is 13.8. The van der Waals surface area contributed by atoms with Crippen LogP contribution in [0.15, 0.2) is 30.6 Å². The summed E-state index contributed by atoms with van der Waals surface area (Å²) in [7, 11) is 1.64. The van der Waals surface area contributed by atoms with Crippen LogP contribution in [0.2, 0.25) is 0 Å². The van der Waals surface area contributed by atoms with Gasteiger partial charge in [-0.15, -0.1) is 0 Å². The maximum absolute atomic E-state index is 11.7. The number of fused-ring (bicyclic) bond motifs is 1. The molecule has 0 aliphatic heterocycles. The van der Waals surface area contributed by atoms with Gasteiger partial charge in [0.05, 0.1) is 0 Å². The molecule has 0 atom stereocenters. The molecule has 5 nitrogen and oxygen atoms in total. The molecule has 0 bridgehead atoms. The average molecular weight is 310 g/mol. The number of amides is 1. The van der Waals surface area contributed by atoms with Crippen LogP contribution >= 0.6 is 0 Å². The van der Waals surface area contributed by atoms with E-state index in [1.165, 1.54) is 30.5 Å². The van der Waals surface area contributed by atoms with Crippen molar-refractivity contribution in [3.05, 3.63) is 53.0 Å². The molecule has 23 heavy (non-hydrogen) atoms. The van der Waals surface area contributed by atoms with Crippen molar-refractivity contribution in [2.75, 3.05) is 12.4 Å². The maximum Gasteiger partial charge on any atom is 0.251 e. The first-order valence-electron chi connectivity index (χ1n) is 8.15. The van der Waals surface area contributed by atoms with Gasteiger partial charge in [-0.25, -0.2) is 9.97 Å². The Kier molecular flexibility index (Phi) is 4.86. The van der Waals surface area contributed by atoms with Crippen molar-refractivity contribution >= 4 is 11.7 Å². The third-order valence-electron chi connectivity index (χ3n) is 4.25. The van der Waals surface area contributed by atoms with Gasteiger partial charge >= 0.3 is 0 Å². The monoisotopic (exact) mass is 310 g/mol. The summed E-state index contributed by atoms with van der Waals surface area (Å²) in [5.41, 5.74) is 4.17. The molecule has 5 heteroatoms. The van der Waals surface area contributed by atoms with E-state index >= 15 is 0 Å². The third-order valence-corrected chi connectivity index (χ3v) is 4.25. The molecule has 0 fully saturated rings. The lowest BCUT2D eigenvalue weighted by Gasteiger charge is -2.13. The third kappa shape index (κ3) is 3.67. The van der Waals surface area contributed by atoms with Gasteiger partial charge < -0.3 is 10.6 Å². The Morgan fingerprint density at radius 1 is 1.17 bits per heavy atom. The topological polar surface area (TPSA) is 66.9 Å². The number of nitrogens with one attached hydrogen (secondary N) is 2. The van der Waals surface area contributed by atoms with Gasteiger partial charge in [-0.05, 0) is 43.4 Å². The fourth-order valence-corrected chi connectivity index (χ4v) is 3.00. The SMILES string of the molecule is CNC(=O)c1cccc(CNc2ncnc3c2CCCCC3)c1. The number of aryl methyl sites for hydroxylation is 1. The maximum atomic E-state index is 11.7. The Bertz CT molecular complexity index is 699. The second-order valence-electron chi connectivity index (χ2n) is 5.84. The molecule has 1 aliphatic rings. The highest BCUT2D eigenvalue weighted by atomic mass is 16.1. The van der Waals surface area contributed by atoms with E-state index in [1.54, 1.807) is 13.4 Å². The summed E-state index contributed by atoms with van der Waals surface area (Å²) in [6.45, 7) is 0.647. The standard InChI is InChI=1S/C18H22N4O/c1-19-18(23)14-7-5-6-13(10-14)11-20-17-15-8-3-2-4-9-16(15)21-12-22-17/h5-7,10,12H,2-4,8-9,11H2,1H3,(H,19,23)(H,20,21,22). The molecule has 1 heterocycles. The van der Waals surface area contributed by atoms with Crippen LogP contribution in [0.1, 0.15) is 46.4 Å². The van der Waals surface area contributed by atoms with Gasteiger partial charge in [0.15, 0.2) is 0 Å². The minimum absolute atomic E-state index is 0.0669. The summed E-state index contributed by atoms with van der Waals surface area (Å²) in [6, 6.07) is 7.64. The van der Waals surface area contributed by atoms with Crippen LogP contribution in [0.5, 0.6) is 0 Å². The number of carbonyl (C=O) groups is 1. The van der Waals surface area contributed by atoms with Gasteiger partial charge in [0.2, 0.25) is 0 Å². The number of carbonyl (C=O) groups excluding carboxylic acids is 1. The summed E-state index contributed by atoms with van der Waals surface area (Å²) >= 11 is 0. The molecule has 0 saturated heterocycles. The second-order valence-corrected chi connectivity index (χ2v) is 5.84. The zero-order chi connectivity index (χ0) is 16.1. The molecule has 1 aliphatic carbocycles. The fraction of sp³-hybridized carbons (Fsp3) is 0.389. The molecular weight excluding hydrogens is 288 g/mol. The molecule has 1 aromatic heterocycles. The molecule has 2 aromatic rings. The van der Waals surface area contributed by atoms with Crippen LogP contribution < -0.4 is 10.6 Å². The number of aromatic nitrogens is 2. The van der Waals surface area contributed by atoms with Crippen molar-refractivity contribution in [1.29, 1.82) is 0 Å². The largest absolute Gasteiger partial charge is 0.366 e. The van der Waals surface area contributed by atoms with Crippen LogP contribution in [0.3, 0.4) is 0 Å². The van der Waals surface area contributed by atoms with Gasteiger partial charge in [-0.2, -0.15) is 0 Å². The second kappa shape index (κ2) is 7.22. The van der Waals surface area contributed by atoms with Gasteiger partial charge in [0.1, 0.15) is 12.1 Å². The van der Waals surface area contributed by atoms with E-state index in [-0.39, 0.29) is 5.91 Å². The fourth-order valence-electron chi connectivity index (χ4n) is 3.00. The molecule has 0 radical (unpaired) electrons. The molecule has 0 saturated carbocycles. The molecule has 3 rings (SSSR count). The Balaban J connectivity index is 1.75. The summed E-state index contributed by atoms with van der Waals surface area (Å²) in [5, 5.41) is 6.07. The zero-order valence-electron chi connectivity index (χ0n) is 13.4. The Labute approximate surface area is 136 Å². The minimum atomic E-state index is -0.0669. The van der Waals surface area contributed by atoms with Crippen molar-refractivity contribution in [1.82, 2.24) is 15.3 Å².